The topological polar surface area (TPSA) is 78.9 Å². The lowest BCUT2D eigenvalue weighted by Crippen LogP contribution is -2.51. The van der Waals surface area contributed by atoms with E-state index >= 15 is 0 Å². The third-order valence-corrected chi connectivity index (χ3v) is 2.88. The molecule has 19 heavy (non-hydrogen) atoms. The van der Waals surface area contributed by atoms with E-state index in [-0.39, 0.29) is 30.7 Å². The molecule has 1 saturated heterocycles. The number of urea groups is 1. The van der Waals surface area contributed by atoms with Gasteiger partial charge in [0.2, 0.25) is 0 Å². The first-order valence-corrected chi connectivity index (χ1v) is 6.68. The first kappa shape index (κ1) is 15.8. The van der Waals surface area contributed by atoms with E-state index in [1.54, 1.807) is 4.90 Å². The monoisotopic (exact) mass is 272 g/mol. The maximum atomic E-state index is 11.9. The van der Waals surface area contributed by atoms with Crippen molar-refractivity contribution in [2.24, 2.45) is 0 Å². The van der Waals surface area contributed by atoms with Gasteiger partial charge in [0.25, 0.3) is 0 Å². The summed E-state index contributed by atoms with van der Waals surface area (Å²) in [6, 6.07) is -0.0449. The van der Waals surface area contributed by atoms with Crippen LogP contribution in [0.1, 0.15) is 40.0 Å². The molecule has 110 valence electrons. The highest BCUT2D eigenvalue weighted by Gasteiger charge is 2.25. The number of likely N-dealkylation sites (tertiary alicyclic amines) is 1. The fraction of sp³-hybridized carbons (Fsp3) is 0.846. The van der Waals surface area contributed by atoms with E-state index in [0.29, 0.717) is 13.1 Å². The number of carbonyl (C=O) groups is 2. The molecule has 6 heteroatoms. The van der Waals surface area contributed by atoms with Gasteiger partial charge in [-0.3, -0.25) is 4.79 Å². The molecular formula is C13H24N2O4. The van der Waals surface area contributed by atoms with Crippen molar-refractivity contribution in [2.45, 2.75) is 51.7 Å². The number of hydrogen-bond donors (Lipinski definition) is 2. The standard InChI is InChI=1S/C13H24N2O4/c1-13(2,3)14-12(18)15-7-4-10(5-8-15)19-9-6-11(16)17/h10H,4-9H2,1-3H3,(H,14,18)(H,16,17). The molecule has 0 aliphatic carbocycles. The summed E-state index contributed by atoms with van der Waals surface area (Å²) in [6.45, 7) is 7.40. The third kappa shape index (κ3) is 6.42. The Morgan fingerprint density at radius 2 is 1.89 bits per heavy atom. The number of rotatable bonds is 4. The number of aliphatic carboxylic acids is 1. The van der Waals surface area contributed by atoms with Crippen molar-refractivity contribution in [3.8, 4) is 0 Å². The molecule has 2 N–H and O–H groups in total. The number of nitrogens with zero attached hydrogens (tertiary/aromatic N) is 1. The normalized spacial score (nSPS) is 17.3. The van der Waals surface area contributed by atoms with E-state index < -0.39 is 5.97 Å². The fourth-order valence-electron chi connectivity index (χ4n) is 1.94. The second-order valence-corrected chi connectivity index (χ2v) is 5.88. The van der Waals surface area contributed by atoms with Crippen LogP contribution in [0.15, 0.2) is 0 Å². The van der Waals surface area contributed by atoms with Gasteiger partial charge in [-0.1, -0.05) is 0 Å². The molecule has 0 aromatic rings. The zero-order valence-corrected chi connectivity index (χ0v) is 11.9. The maximum Gasteiger partial charge on any atom is 0.317 e. The van der Waals surface area contributed by atoms with Gasteiger partial charge in [0.1, 0.15) is 0 Å². The minimum atomic E-state index is -0.845. The predicted octanol–water partition coefficient (Wildman–Crippen LogP) is 1.45. The highest BCUT2D eigenvalue weighted by atomic mass is 16.5. The highest BCUT2D eigenvalue weighted by molar-refractivity contribution is 5.75. The molecule has 1 aliphatic heterocycles. The molecule has 0 radical (unpaired) electrons. The lowest BCUT2D eigenvalue weighted by Gasteiger charge is -2.34. The first-order valence-electron chi connectivity index (χ1n) is 6.68. The zero-order chi connectivity index (χ0) is 14.5. The van der Waals surface area contributed by atoms with Crippen LogP contribution in [0.5, 0.6) is 0 Å². The van der Waals surface area contributed by atoms with Crippen molar-refractivity contribution in [3.05, 3.63) is 0 Å². The molecule has 1 rings (SSSR count). The van der Waals surface area contributed by atoms with E-state index in [2.05, 4.69) is 5.32 Å². The molecule has 1 aliphatic rings. The summed E-state index contributed by atoms with van der Waals surface area (Å²) in [5, 5.41) is 11.5. The predicted molar refractivity (Wildman–Crippen MR) is 71.1 cm³/mol. The van der Waals surface area contributed by atoms with Crippen LogP contribution in [0.3, 0.4) is 0 Å². The minimum absolute atomic E-state index is 0.0325. The average molecular weight is 272 g/mol. The summed E-state index contributed by atoms with van der Waals surface area (Å²) in [5.74, 6) is -0.845. The van der Waals surface area contributed by atoms with Gasteiger partial charge in [0, 0.05) is 18.6 Å². The van der Waals surface area contributed by atoms with Gasteiger partial charge in [0.05, 0.1) is 19.1 Å². The number of carboxylic acids is 1. The zero-order valence-electron chi connectivity index (χ0n) is 11.9. The molecule has 0 saturated carbocycles. The molecule has 1 heterocycles. The van der Waals surface area contributed by atoms with Gasteiger partial charge in [-0.25, -0.2) is 4.79 Å². The van der Waals surface area contributed by atoms with Gasteiger partial charge in [0.15, 0.2) is 0 Å². The van der Waals surface area contributed by atoms with Crippen LogP contribution in [0, 0.1) is 0 Å². The smallest absolute Gasteiger partial charge is 0.317 e. The SMILES string of the molecule is CC(C)(C)NC(=O)N1CCC(OCCC(=O)O)CC1. The largest absolute Gasteiger partial charge is 0.481 e. The number of hydrogen-bond acceptors (Lipinski definition) is 3. The van der Waals surface area contributed by atoms with E-state index in [1.165, 1.54) is 0 Å². The molecule has 2 amide bonds. The Morgan fingerprint density at radius 1 is 1.32 bits per heavy atom. The summed E-state index contributed by atoms with van der Waals surface area (Å²) in [6.07, 6.45) is 1.62. The summed E-state index contributed by atoms with van der Waals surface area (Å²) >= 11 is 0. The van der Waals surface area contributed by atoms with Crippen molar-refractivity contribution in [1.29, 1.82) is 0 Å². The van der Waals surface area contributed by atoms with Crippen molar-refractivity contribution in [1.82, 2.24) is 10.2 Å². The average Bonchev–Trinajstić information content (AvgIpc) is 2.27. The molecule has 0 atom stereocenters. The summed E-state index contributed by atoms with van der Waals surface area (Å²) in [5.41, 5.74) is -0.230. The van der Waals surface area contributed by atoms with Gasteiger partial charge in [-0.05, 0) is 33.6 Å². The van der Waals surface area contributed by atoms with Crippen molar-refractivity contribution in [3.63, 3.8) is 0 Å². The second kappa shape index (κ2) is 6.75. The lowest BCUT2D eigenvalue weighted by atomic mass is 10.1. The van der Waals surface area contributed by atoms with Gasteiger partial charge < -0.3 is 20.1 Å². The molecule has 0 aromatic heterocycles. The van der Waals surface area contributed by atoms with Crippen LogP contribution in [0.2, 0.25) is 0 Å². The Hall–Kier alpha value is -1.30. The molecule has 0 spiro atoms. The minimum Gasteiger partial charge on any atom is -0.481 e. The van der Waals surface area contributed by atoms with Crippen molar-refractivity contribution < 1.29 is 19.4 Å². The molecule has 6 nitrogen and oxygen atoms in total. The van der Waals surface area contributed by atoms with E-state index in [0.717, 1.165) is 12.8 Å². The van der Waals surface area contributed by atoms with Crippen LogP contribution in [0.4, 0.5) is 4.79 Å². The van der Waals surface area contributed by atoms with E-state index in [4.69, 9.17) is 9.84 Å². The summed E-state index contributed by atoms with van der Waals surface area (Å²) < 4.78 is 5.48. The van der Waals surface area contributed by atoms with Crippen LogP contribution in [0.25, 0.3) is 0 Å². The number of ether oxygens (including phenoxy) is 1. The Bertz CT molecular complexity index is 317. The highest BCUT2D eigenvalue weighted by Crippen LogP contribution is 2.14. The first-order chi connectivity index (χ1) is 8.78. The fourth-order valence-corrected chi connectivity index (χ4v) is 1.94. The van der Waals surface area contributed by atoms with Gasteiger partial charge in [-0.2, -0.15) is 0 Å². The number of piperidine rings is 1. The quantitative estimate of drug-likeness (QED) is 0.812. The number of nitrogens with one attached hydrogen (secondary N) is 1. The summed E-state index contributed by atoms with van der Waals surface area (Å²) in [4.78, 5) is 24.1. The molecule has 1 fully saturated rings. The number of amides is 2. The van der Waals surface area contributed by atoms with Crippen LogP contribution < -0.4 is 5.32 Å². The Balaban J connectivity index is 2.25. The Kier molecular flexibility index (Phi) is 5.60. The van der Waals surface area contributed by atoms with Crippen LogP contribution >= 0.6 is 0 Å². The van der Waals surface area contributed by atoms with Gasteiger partial charge in [-0.15, -0.1) is 0 Å². The molecule has 0 bridgehead atoms. The van der Waals surface area contributed by atoms with Crippen LogP contribution in [-0.4, -0.2) is 53.3 Å². The van der Waals surface area contributed by atoms with E-state index in [9.17, 15) is 9.59 Å². The Morgan fingerprint density at radius 3 is 2.37 bits per heavy atom. The number of carboxylic acid groups (broad SMARTS) is 1. The Labute approximate surface area is 114 Å². The second-order valence-electron chi connectivity index (χ2n) is 5.88. The number of carbonyl (C=O) groups excluding carboxylic acids is 1. The molecule has 0 unspecified atom stereocenters. The lowest BCUT2D eigenvalue weighted by molar-refractivity contribution is -0.138. The van der Waals surface area contributed by atoms with Crippen molar-refractivity contribution >= 4 is 12.0 Å². The van der Waals surface area contributed by atoms with Crippen molar-refractivity contribution in [2.75, 3.05) is 19.7 Å². The van der Waals surface area contributed by atoms with Gasteiger partial charge >= 0.3 is 12.0 Å². The van der Waals surface area contributed by atoms with Crippen LogP contribution in [-0.2, 0) is 9.53 Å². The summed E-state index contributed by atoms with van der Waals surface area (Å²) in [7, 11) is 0. The molecule has 0 aromatic carbocycles. The maximum absolute atomic E-state index is 11.9. The van der Waals surface area contributed by atoms with E-state index in [1.807, 2.05) is 20.8 Å². The molecular weight excluding hydrogens is 248 g/mol. The third-order valence-electron chi connectivity index (χ3n) is 2.88.